The summed E-state index contributed by atoms with van der Waals surface area (Å²) < 4.78 is 19.3. The normalized spacial score (nSPS) is 35.1. The fourth-order valence-electron chi connectivity index (χ4n) is 4.05. The molecule has 3 N–H and O–H groups in total. The van der Waals surface area contributed by atoms with Crippen LogP contribution in [0.4, 0.5) is 14.9 Å². The summed E-state index contributed by atoms with van der Waals surface area (Å²) in [5, 5.41) is 9.56. The first-order chi connectivity index (χ1) is 11.0. The number of carbonyl (C=O) groups is 2. The van der Waals surface area contributed by atoms with Gasteiger partial charge >= 0.3 is 6.09 Å². The summed E-state index contributed by atoms with van der Waals surface area (Å²) in [6.45, 7) is -0.00613. The summed E-state index contributed by atoms with van der Waals surface area (Å²) in [4.78, 5) is 24.1. The molecule has 0 spiro atoms. The van der Waals surface area contributed by atoms with E-state index in [0.717, 1.165) is 12.8 Å². The van der Waals surface area contributed by atoms with Gasteiger partial charge in [0.05, 0.1) is 18.3 Å². The average Bonchev–Trinajstić information content (AvgIpc) is 2.84. The molecule has 0 aromatic heterocycles. The number of aliphatic hydroxyl groups excluding tert-OH is 1. The van der Waals surface area contributed by atoms with Crippen molar-refractivity contribution in [3.8, 4) is 0 Å². The van der Waals surface area contributed by atoms with E-state index in [4.69, 9.17) is 10.5 Å². The van der Waals surface area contributed by atoms with Crippen LogP contribution in [0.25, 0.3) is 0 Å². The van der Waals surface area contributed by atoms with E-state index in [1.165, 1.54) is 11.0 Å². The van der Waals surface area contributed by atoms with Gasteiger partial charge in [0.1, 0.15) is 5.82 Å². The smallest absolute Gasteiger partial charge is 0.415 e. The van der Waals surface area contributed by atoms with Crippen LogP contribution in [0, 0.1) is 17.7 Å². The highest BCUT2D eigenvalue weighted by atomic mass is 19.1. The van der Waals surface area contributed by atoms with Gasteiger partial charge in [0.15, 0.2) is 6.10 Å². The fourth-order valence-corrected chi connectivity index (χ4v) is 4.05. The third-order valence-corrected chi connectivity index (χ3v) is 5.20. The van der Waals surface area contributed by atoms with E-state index in [1.807, 2.05) is 0 Å². The second-order valence-corrected chi connectivity index (χ2v) is 6.57. The van der Waals surface area contributed by atoms with Crippen molar-refractivity contribution in [3.05, 3.63) is 29.6 Å². The SMILES string of the molecule is NC(=O)[C@H]1CN(c2ccc(C3[C@H]4CC(O)C[C@@H]34)c(F)c2)C(=O)O1. The van der Waals surface area contributed by atoms with Gasteiger partial charge in [0.25, 0.3) is 5.91 Å². The number of nitrogens with zero attached hydrogens (tertiary/aromatic N) is 1. The standard InChI is InChI=1S/C16H17FN2O4/c17-12-3-7(19-6-13(15(18)21)23-16(19)22)1-2-9(12)14-10-4-8(20)5-11(10)14/h1-3,8,10-11,13-14,20H,4-6H2,(H2,18,21)/t8?,10-,11+,13-,14?/m1/s1. The number of hydrogen-bond acceptors (Lipinski definition) is 4. The van der Waals surface area contributed by atoms with Crippen LogP contribution in [0.15, 0.2) is 18.2 Å². The minimum absolute atomic E-state index is 0.00613. The first-order valence-corrected chi connectivity index (χ1v) is 7.70. The lowest BCUT2D eigenvalue weighted by Gasteiger charge is -2.15. The number of halogens is 1. The molecule has 0 bridgehead atoms. The molecule has 2 aliphatic carbocycles. The number of cyclic esters (lactones) is 1. The maximum atomic E-state index is 14.4. The quantitative estimate of drug-likeness (QED) is 0.873. The third-order valence-electron chi connectivity index (χ3n) is 5.20. The number of ether oxygens (including phenoxy) is 1. The van der Waals surface area contributed by atoms with Gasteiger partial charge in [-0.1, -0.05) is 6.07 Å². The summed E-state index contributed by atoms with van der Waals surface area (Å²) in [5.41, 5.74) is 6.12. The van der Waals surface area contributed by atoms with Crippen LogP contribution in [0.1, 0.15) is 24.3 Å². The van der Waals surface area contributed by atoms with E-state index >= 15 is 0 Å². The predicted octanol–water partition coefficient (Wildman–Crippen LogP) is 1.12. The average molecular weight is 320 g/mol. The van der Waals surface area contributed by atoms with Gasteiger partial charge in [-0.3, -0.25) is 9.69 Å². The molecule has 1 heterocycles. The zero-order chi connectivity index (χ0) is 16.3. The van der Waals surface area contributed by atoms with Crippen molar-refractivity contribution in [2.24, 2.45) is 17.6 Å². The van der Waals surface area contributed by atoms with E-state index in [0.29, 0.717) is 23.1 Å². The van der Waals surface area contributed by atoms with Gasteiger partial charge in [-0.2, -0.15) is 0 Å². The Kier molecular flexibility index (Phi) is 3.09. The van der Waals surface area contributed by atoms with Crippen LogP contribution in [0.5, 0.6) is 0 Å². The van der Waals surface area contributed by atoms with Crippen LogP contribution in [0.2, 0.25) is 0 Å². The Morgan fingerprint density at radius 1 is 1.35 bits per heavy atom. The molecule has 5 atom stereocenters. The molecule has 1 aliphatic heterocycles. The van der Waals surface area contributed by atoms with Crippen LogP contribution in [-0.2, 0) is 9.53 Å². The summed E-state index contributed by atoms with van der Waals surface area (Å²) in [5.74, 6) is -0.201. The molecule has 0 radical (unpaired) electrons. The molecule has 2 amide bonds. The van der Waals surface area contributed by atoms with Crippen LogP contribution < -0.4 is 10.6 Å². The van der Waals surface area contributed by atoms with Gasteiger partial charge in [0, 0.05) is 0 Å². The molecule has 2 unspecified atom stereocenters. The van der Waals surface area contributed by atoms with E-state index in [9.17, 15) is 19.1 Å². The maximum absolute atomic E-state index is 14.4. The van der Waals surface area contributed by atoms with E-state index in [1.54, 1.807) is 12.1 Å². The predicted molar refractivity (Wildman–Crippen MR) is 78.2 cm³/mol. The molecule has 1 saturated heterocycles. The first kappa shape index (κ1) is 14.4. The number of amides is 2. The number of hydrogen-bond donors (Lipinski definition) is 2. The molecule has 23 heavy (non-hydrogen) atoms. The highest BCUT2D eigenvalue weighted by molar-refractivity contribution is 5.95. The van der Waals surface area contributed by atoms with Crippen molar-refractivity contribution < 1.29 is 23.8 Å². The van der Waals surface area contributed by atoms with Gasteiger partial charge in [-0.05, 0) is 48.3 Å². The van der Waals surface area contributed by atoms with E-state index in [2.05, 4.69) is 0 Å². The monoisotopic (exact) mass is 320 g/mol. The second-order valence-electron chi connectivity index (χ2n) is 6.57. The van der Waals surface area contributed by atoms with Crippen molar-refractivity contribution in [2.45, 2.75) is 31.0 Å². The minimum atomic E-state index is -1.01. The highest BCUT2D eigenvalue weighted by Crippen LogP contribution is 2.63. The van der Waals surface area contributed by atoms with Gasteiger partial charge < -0.3 is 15.6 Å². The molecule has 1 aromatic carbocycles. The van der Waals surface area contributed by atoms with Crippen molar-refractivity contribution in [2.75, 3.05) is 11.4 Å². The van der Waals surface area contributed by atoms with Crippen molar-refractivity contribution in [1.29, 1.82) is 0 Å². The number of fused-ring (bicyclic) bond motifs is 1. The Hall–Kier alpha value is -2.15. The third kappa shape index (κ3) is 2.26. The lowest BCUT2D eigenvalue weighted by atomic mass is 10.0. The molecule has 2 saturated carbocycles. The maximum Gasteiger partial charge on any atom is 0.415 e. The molecule has 3 fully saturated rings. The molecular formula is C16H17FN2O4. The lowest BCUT2D eigenvalue weighted by Crippen LogP contribution is -2.32. The molecule has 3 aliphatic rings. The fraction of sp³-hybridized carbons (Fsp3) is 0.500. The molecule has 122 valence electrons. The Morgan fingerprint density at radius 2 is 2.04 bits per heavy atom. The molecule has 1 aromatic rings. The van der Waals surface area contributed by atoms with Crippen molar-refractivity contribution in [1.82, 2.24) is 0 Å². The Morgan fingerprint density at radius 3 is 2.61 bits per heavy atom. The Labute approximate surface area is 132 Å². The number of benzene rings is 1. The van der Waals surface area contributed by atoms with Gasteiger partial charge in [-0.15, -0.1) is 0 Å². The zero-order valence-electron chi connectivity index (χ0n) is 12.3. The molecule has 4 rings (SSSR count). The minimum Gasteiger partial charge on any atom is -0.434 e. The largest absolute Gasteiger partial charge is 0.434 e. The molecule has 6 nitrogen and oxygen atoms in total. The first-order valence-electron chi connectivity index (χ1n) is 7.70. The van der Waals surface area contributed by atoms with Crippen LogP contribution >= 0.6 is 0 Å². The van der Waals surface area contributed by atoms with Gasteiger partial charge in [-0.25, -0.2) is 9.18 Å². The lowest BCUT2D eigenvalue weighted by molar-refractivity contribution is -0.124. The molecule has 7 heteroatoms. The Balaban J connectivity index is 1.53. The van der Waals surface area contributed by atoms with Crippen molar-refractivity contribution >= 4 is 17.7 Å². The number of anilines is 1. The number of rotatable bonds is 3. The van der Waals surface area contributed by atoms with Crippen LogP contribution in [0.3, 0.4) is 0 Å². The summed E-state index contributed by atoms with van der Waals surface area (Å²) in [6, 6.07) is 4.64. The van der Waals surface area contributed by atoms with Crippen molar-refractivity contribution in [3.63, 3.8) is 0 Å². The highest BCUT2D eigenvalue weighted by Gasteiger charge is 2.56. The summed E-state index contributed by atoms with van der Waals surface area (Å²) in [7, 11) is 0. The molecular weight excluding hydrogens is 303 g/mol. The number of primary amides is 1. The number of aliphatic hydroxyl groups is 1. The number of nitrogens with two attached hydrogens (primary N) is 1. The summed E-state index contributed by atoms with van der Waals surface area (Å²) >= 11 is 0. The van der Waals surface area contributed by atoms with Crippen LogP contribution in [-0.4, -0.2) is 35.9 Å². The number of carbonyl (C=O) groups excluding carboxylic acids is 2. The zero-order valence-corrected chi connectivity index (χ0v) is 12.3. The topological polar surface area (TPSA) is 92.9 Å². The second kappa shape index (κ2) is 4.92. The Bertz CT molecular complexity index is 683. The summed E-state index contributed by atoms with van der Waals surface area (Å²) in [6.07, 6.45) is -0.500. The van der Waals surface area contributed by atoms with E-state index in [-0.39, 0.29) is 24.4 Å². The van der Waals surface area contributed by atoms with Gasteiger partial charge in [0.2, 0.25) is 0 Å². The van der Waals surface area contributed by atoms with E-state index < -0.39 is 18.1 Å².